The molecule has 2 saturated heterocycles. The highest BCUT2D eigenvalue weighted by atomic mass is 16.5. The van der Waals surface area contributed by atoms with Crippen LogP contribution in [0, 0.1) is 17.3 Å². The maximum Gasteiger partial charge on any atom is 0.262 e. The molecule has 0 radical (unpaired) electrons. The van der Waals surface area contributed by atoms with Crippen molar-refractivity contribution in [3.8, 4) is 34.5 Å². The molecule has 12 heteroatoms. The molecule has 5 heterocycles. The number of rotatable bonds is 7. The second-order valence-electron chi connectivity index (χ2n) is 14.6. The molecule has 0 N–H and O–H groups in total. The highest BCUT2D eigenvalue weighted by molar-refractivity contribution is 6.23. The number of likely N-dealkylation sites (tertiary alicyclic amines) is 2. The normalized spacial score (nSPS) is 19.8. The molecule has 270 valence electrons. The smallest absolute Gasteiger partial charge is 0.262 e. The molecule has 2 aromatic heterocycles. The molecule has 0 bridgehead atoms. The number of aryl methyl sites for hydroxylation is 1. The number of fused-ring (bicyclic) bond motifs is 2. The van der Waals surface area contributed by atoms with Gasteiger partial charge in [0.05, 0.1) is 55.3 Å². The van der Waals surface area contributed by atoms with E-state index in [0.29, 0.717) is 24.0 Å². The third-order valence-electron chi connectivity index (χ3n) is 11.1. The number of aromatic nitrogens is 2. The fourth-order valence-electron chi connectivity index (χ4n) is 8.50. The van der Waals surface area contributed by atoms with Gasteiger partial charge in [0, 0.05) is 74.8 Å². The number of methoxy groups -OCH3 is 2. The summed E-state index contributed by atoms with van der Waals surface area (Å²) in [5.74, 6) is 6.34. The van der Waals surface area contributed by atoms with Crippen molar-refractivity contribution in [3.63, 3.8) is 0 Å². The minimum atomic E-state index is -0.887. The Kier molecular flexibility index (Phi) is 8.71. The summed E-state index contributed by atoms with van der Waals surface area (Å²) in [7, 11) is 5.07. The van der Waals surface area contributed by atoms with E-state index >= 15 is 0 Å². The second kappa shape index (κ2) is 13.4. The highest BCUT2D eigenvalue weighted by Crippen LogP contribution is 2.43. The number of benzene rings is 2. The Bertz CT molecular complexity index is 2320. The van der Waals surface area contributed by atoms with E-state index in [0.717, 1.165) is 71.1 Å². The van der Waals surface area contributed by atoms with Crippen molar-refractivity contribution in [3.05, 3.63) is 87.6 Å². The Balaban J connectivity index is 0.905. The highest BCUT2D eigenvalue weighted by Gasteiger charge is 2.48. The van der Waals surface area contributed by atoms with Crippen LogP contribution in [0.25, 0.3) is 21.9 Å². The largest absolute Gasteiger partial charge is 0.496 e. The lowest BCUT2D eigenvalue weighted by Crippen LogP contribution is -2.56. The lowest BCUT2D eigenvalue weighted by atomic mass is 9.79. The number of pyridine rings is 2. The third kappa shape index (κ3) is 6.09. The fraction of sp³-hybridized carbons (Fsp3) is 0.366. The first-order valence-corrected chi connectivity index (χ1v) is 17.8. The van der Waals surface area contributed by atoms with Crippen molar-refractivity contribution in [2.75, 3.05) is 46.9 Å². The van der Waals surface area contributed by atoms with E-state index in [9.17, 15) is 24.0 Å². The second-order valence-corrected chi connectivity index (χ2v) is 14.6. The van der Waals surface area contributed by atoms with Gasteiger partial charge in [0.2, 0.25) is 0 Å². The maximum absolute atomic E-state index is 13.2. The number of hydrogen-bond donors (Lipinski definition) is 0. The van der Waals surface area contributed by atoms with Crippen LogP contribution in [-0.2, 0) is 23.2 Å². The summed E-state index contributed by atoms with van der Waals surface area (Å²) in [6.45, 7) is 5.02. The van der Waals surface area contributed by atoms with Crippen molar-refractivity contribution < 1.29 is 28.7 Å². The first-order chi connectivity index (χ1) is 25.6. The Morgan fingerprint density at radius 1 is 0.887 bits per heavy atom. The summed E-state index contributed by atoms with van der Waals surface area (Å²) in [5, 5.41) is 1.37. The fourth-order valence-corrected chi connectivity index (χ4v) is 8.50. The molecule has 1 atom stereocenters. The number of hydrogen-bond acceptors (Lipinski definition) is 10. The van der Waals surface area contributed by atoms with Gasteiger partial charge in [-0.15, -0.1) is 0 Å². The van der Waals surface area contributed by atoms with Crippen LogP contribution in [0.2, 0.25) is 0 Å². The van der Waals surface area contributed by atoms with Crippen LogP contribution in [0.15, 0.2) is 59.8 Å². The molecule has 1 spiro atoms. The minimum absolute atomic E-state index is 0.101. The summed E-state index contributed by atoms with van der Waals surface area (Å²) in [5.41, 5.74) is 4.00. The van der Waals surface area contributed by atoms with Gasteiger partial charge in [0.15, 0.2) is 5.78 Å². The van der Waals surface area contributed by atoms with E-state index in [2.05, 4.69) is 26.6 Å². The molecular formula is C41H39N5O7. The number of imide groups is 1. The molecule has 2 aromatic carbocycles. The SMILES string of the molecule is COc1cc(-c2cn(C)c(=O)c3cnccc23)cc(OC)c1CN1CC2(CCN(CC#Cc3ccc4c(c3)C(=O)N(C3CCC(=O)CC3=O)C4=O)C2)C1. The molecule has 8 rings (SSSR count). The Morgan fingerprint density at radius 2 is 1.62 bits per heavy atom. The van der Waals surface area contributed by atoms with Gasteiger partial charge in [-0.25, -0.2) is 0 Å². The van der Waals surface area contributed by atoms with Crippen molar-refractivity contribution in [2.45, 2.75) is 38.3 Å². The van der Waals surface area contributed by atoms with Crippen LogP contribution in [-0.4, -0.2) is 101 Å². The van der Waals surface area contributed by atoms with Gasteiger partial charge in [0.1, 0.15) is 17.3 Å². The molecule has 2 amide bonds. The minimum Gasteiger partial charge on any atom is -0.496 e. The van der Waals surface area contributed by atoms with Gasteiger partial charge in [0.25, 0.3) is 17.4 Å². The zero-order valence-electron chi connectivity index (χ0n) is 29.9. The predicted molar refractivity (Wildman–Crippen MR) is 196 cm³/mol. The molecule has 4 aromatic rings. The van der Waals surface area contributed by atoms with E-state index < -0.39 is 17.9 Å². The molecule has 3 aliphatic heterocycles. The van der Waals surface area contributed by atoms with Crippen molar-refractivity contribution in [1.82, 2.24) is 24.3 Å². The van der Waals surface area contributed by atoms with Crippen LogP contribution in [0.1, 0.15) is 57.5 Å². The lowest BCUT2D eigenvalue weighted by Gasteiger charge is -2.48. The van der Waals surface area contributed by atoms with Crippen LogP contribution < -0.4 is 15.0 Å². The first kappa shape index (κ1) is 34.4. The molecule has 3 fully saturated rings. The molecule has 1 aliphatic carbocycles. The average molecular weight is 714 g/mol. The topological polar surface area (TPSA) is 131 Å². The molecule has 1 unspecified atom stereocenters. The van der Waals surface area contributed by atoms with Crippen molar-refractivity contribution in [2.24, 2.45) is 12.5 Å². The van der Waals surface area contributed by atoms with Crippen LogP contribution in [0.5, 0.6) is 11.5 Å². The molecular weight excluding hydrogens is 674 g/mol. The van der Waals surface area contributed by atoms with E-state index in [4.69, 9.17) is 9.47 Å². The summed E-state index contributed by atoms with van der Waals surface area (Å²) in [4.78, 5) is 73.1. The number of ether oxygens (including phenoxy) is 2. The summed E-state index contributed by atoms with van der Waals surface area (Å²) in [6.07, 6.45) is 6.33. The number of ketones is 2. The zero-order valence-corrected chi connectivity index (χ0v) is 29.9. The number of carbonyl (C=O) groups excluding carboxylic acids is 4. The van der Waals surface area contributed by atoms with Gasteiger partial charge in [-0.05, 0) is 66.7 Å². The Labute approximate surface area is 306 Å². The molecule has 53 heavy (non-hydrogen) atoms. The summed E-state index contributed by atoms with van der Waals surface area (Å²) in [6, 6.07) is 9.96. The quantitative estimate of drug-likeness (QED) is 0.160. The first-order valence-electron chi connectivity index (χ1n) is 17.8. The van der Waals surface area contributed by atoms with Gasteiger partial charge >= 0.3 is 0 Å². The zero-order chi connectivity index (χ0) is 37.0. The van der Waals surface area contributed by atoms with Gasteiger partial charge in [-0.3, -0.25) is 43.7 Å². The van der Waals surface area contributed by atoms with Crippen LogP contribution in [0.4, 0.5) is 0 Å². The van der Waals surface area contributed by atoms with E-state index in [1.54, 1.807) is 56.4 Å². The van der Waals surface area contributed by atoms with Crippen LogP contribution >= 0.6 is 0 Å². The number of amides is 2. The van der Waals surface area contributed by atoms with E-state index in [1.165, 1.54) is 0 Å². The standard InChI is InChI=1S/C41H39N5O7/c1-43-20-32(28-10-12-42-19-31(28)38(43)49)26-16-36(52-2)33(37(17-26)53-3)21-45-23-41(24-45)11-14-44(22-41)13-4-5-25-6-8-29-30(15-25)40(51)46(39(29)50)34-9-7-27(47)18-35(34)48/h6,8,10,12,15-17,19-20,34H,7,9,11,13-14,18,21-24H2,1-3H3. The number of carbonyl (C=O) groups is 4. The van der Waals surface area contributed by atoms with E-state index in [-0.39, 0.29) is 52.9 Å². The lowest BCUT2D eigenvalue weighted by molar-refractivity contribution is -0.132. The maximum atomic E-state index is 13.2. The van der Waals surface area contributed by atoms with E-state index in [1.807, 2.05) is 24.4 Å². The van der Waals surface area contributed by atoms with Crippen LogP contribution in [0.3, 0.4) is 0 Å². The summed E-state index contributed by atoms with van der Waals surface area (Å²) >= 11 is 0. The number of nitrogens with zero attached hydrogens (tertiary/aromatic N) is 5. The van der Waals surface area contributed by atoms with Crippen molar-refractivity contribution >= 4 is 34.2 Å². The van der Waals surface area contributed by atoms with Gasteiger partial charge in [-0.2, -0.15) is 0 Å². The molecule has 1 saturated carbocycles. The summed E-state index contributed by atoms with van der Waals surface area (Å²) < 4.78 is 13.4. The Hall–Kier alpha value is -5.64. The van der Waals surface area contributed by atoms with Crippen molar-refractivity contribution in [1.29, 1.82) is 0 Å². The number of Topliss-reactive ketones (excluding diaryl/α,β-unsaturated/α-hetero) is 2. The monoisotopic (exact) mass is 713 g/mol. The van der Waals surface area contributed by atoms with Gasteiger partial charge < -0.3 is 14.0 Å². The Morgan fingerprint density at radius 3 is 2.36 bits per heavy atom. The molecule has 12 nitrogen and oxygen atoms in total. The third-order valence-corrected chi connectivity index (χ3v) is 11.1. The predicted octanol–water partition coefficient (Wildman–Crippen LogP) is 3.46. The average Bonchev–Trinajstić information content (AvgIpc) is 3.67. The molecule has 4 aliphatic rings. The van der Waals surface area contributed by atoms with Gasteiger partial charge in [-0.1, -0.05) is 11.8 Å².